The van der Waals surface area contributed by atoms with E-state index in [9.17, 15) is 4.79 Å². The quantitative estimate of drug-likeness (QED) is 0.884. The molecule has 1 heterocycles. The van der Waals surface area contributed by atoms with E-state index >= 15 is 0 Å². The lowest BCUT2D eigenvalue weighted by Crippen LogP contribution is -2.20. The molecule has 3 unspecified atom stereocenters. The Morgan fingerprint density at radius 3 is 2.96 bits per heavy atom. The molecule has 2 aromatic rings. The van der Waals surface area contributed by atoms with Crippen LogP contribution < -0.4 is 10.1 Å². The normalized spacial score (nSPS) is 25.0. The van der Waals surface area contributed by atoms with Gasteiger partial charge in [-0.05, 0) is 49.1 Å². The fourth-order valence-corrected chi connectivity index (χ4v) is 4.32. The topological polar surface area (TPSA) is 79.9 Å². The molecule has 2 bridgehead atoms. The number of benzene rings is 1. The maximum Gasteiger partial charge on any atom is 0.249 e. The number of para-hydroxylation sites is 1. The Hall–Kier alpha value is -2.37. The molecular weight excluding hydrogens is 304 g/mol. The van der Waals surface area contributed by atoms with Crippen LogP contribution >= 0.6 is 0 Å². The van der Waals surface area contributed by atoms with Gasteiger partial charge in [0.25, 0.3) is 0 Å². The number of hydrogen-bond acceptors (Lipinski definition) is 4. The highest BCUT2D eigenvalue weighted by Gasteiger charge is 2.40. The minimum atomic E-state index is 0.0122. The van der Waals surface area contributed by atoms with Crippen molar-refractivity contribution >= 4 is 11.9 Å². The monoisotopic (exact) mass is 326 g/mol. The molecule has 2 N–H and O–H groups in total. The molecule has 6 nitrogen and oxygen atoms in total. The van der Waals surface area contributed by atoms with E-state index in [0.717, 1.165) is 17.4 Å². The highest BCUT2D eigenvalue weighted by atomic mass is 16.5. The number of amides is 1. The lowest BCUT2D eigenvalue weighted by molar-refractivity contribution is -0.117. The molecule has 1 aromatic heterocycles. The van der Waals surface area contributed by atoms with Gasteiger partial charge in [0, 0.05) is 6.42 Å². The standard InChI is InChI=1S/C18H22N4O2/c1-24-15-5-3-2-4-14(15)17-20-18(22-21-17)19-16(23)10-13-9-11-6-7-12(13)8-11/h2-5,11-13H,6-10H2,1H3,(H2,19,20,21,22,23). The lowest BCUT2D eigenvalue weighted by atomic mass is 9.86. The third-order valence-corrected chi connectivity index (χ3v) is 5.43. The van der Waals surface area contributed by atoms with Gasteiger partial charge in [0.2, 0.25) is 11.9 Å². The van der Waals surface area contributed by atoms with Crippen molar-refractivity contribution in [3.8, 4) is 17.1 Å². The van der Waals surface area contributed by atoms with Gasteiger partial charge in [0.05, 0.1) is 12.7 Å². The number of nitrogens with one attached hydrogen (secondary N) is 2. The van der Waals surface area contributed by atoms with E-state index in [1.165, 1.54) is 25.7 Å². The van der Waals surface area contributed by atoms with Gasteiger partial charge in [-0.2, -0.15) is 4.98 Å². The van der Waals surface area contributed by atoms with E-state index in [2.05, 4.69) is 20.5 Å². The van der Waals surface area contributed by atoms with Crippen LogP contribution in [0.5, 0.6) is 5.75 Å². The van der Waals surface area contributed by atoms with Crippen molar-refractivity contribution in [1.29, 1.82) is 0 Å². The summed E-state index contributed by atoms with van der Waals surface area (Å²) in [6, 6.07) is 7.58. The van der Waals surface area contributed by atoms with E-state index in [4.69, 9.17) is 4.74 Å². The predicted molar refractivity (Wildman–Crippen MR) is 90.6 cm³/mol. The molecule has 3 atom stereocenters. The second-order valence-electron chi connectivity index (χ2n) is 6.90. The molecule has 1 aromatic carbocycles. The first kappa shape index (κ1) is 15.2. The van der Waals surface area contributed by atoms with Crippen LogP contribution in [0.2, 0.25) is 0 Å². The number of ether oxygens (including phenoxy) is 1. The van der Waals surface area contributed by atoms with Gasteiger partial charge in [0.15, 0.2) is 5.82 Å². The van der Waals surface area contributed by atoms with Crippen LogP contribution in [0, 0.1) is 17.8 Å². The van der Waals surface area contributed by atoms with E-state index < -0.39 is 0 Å². The highest BCUT2D eigenvalue weighted by molar-refractivity contribution is 5.89. The number of hydrogen-bond donors (Lipinski definition) is 2. The van der Waals surface area contributed by atoms with E-state index in [1.807, 2.05) is 24.3 Å². The number of anilines is 1. The summed E-state index contributed by atoms with van der Waals surface area (Å²) in [6.45, 7) is 0. The summed E-state index contributed by atoms with van der Waals surface area (Å²) in [7, 11) is 1.62. The summed E-state index contributed by atoms with van der Waals surface area (Å²) in [5.41, 5.74) is 0.820. The summed E-state index contributed by atoms with van der Waals surface area (Å²) in [4.78, 5) is 16.7. The molecule has 2 aliphatic rings. The van der Waals surface area contributed by atoms with Crippen LogP contribution in [0.15, 0.2) is 24.3 Å². The van der Waals surface area contributed by atoms with Crippen molar-refractivity contribution in [3.63, 3.8) is 0 Å². The van der Waals surface area contributed by atoms with Crippen molar-refractivity contribution in [1.82, 2.24) is 15.2 Å². The number of methoxy groups -OCH3 is 1. The third-order valence-electron chi connectivity index (χ3n) is 5.43. The number of aromatic amines is 1. The number of nitrogens with zero attached hydrogens (tertiary/aromatic N) is 2. The number of H-pyrrole nitrogens is 1. The first-order valence-corrected chi connectivity index (χ1v) is 8.58. The van der Waals surface area contributed by atoms with Gasteiger partial charge in [0.1, 0.15) is 5.75 Å². The van der Waals surface area contributed by atoms with Gasteiger partial charge in [-0.1, -0.05) is 18.6 Å². The minimum absolute atomic E-state index is 0.0122. The smallest absolute Gasteiger partial charge is 0.249 e. The Labute approximate surface area is 141 Å². The molecule has 6 heteroatoms. The Morgan fingerprint density at radius 1 is 1.33 bits per heavy atom. The second-order valence-corrected chi connectivity index (χ2v) is 6.90. The molecule has 0 spiro atoms. The Morgan fingerprint density at radius 2 is 2.21 bits per heavy atom. The van der Waals surface area contributed by atoms with Crippen LogP contribution in [0.25, 0.3) is 11.4 Å². The number of aromatic nitrogens is 3. The largest absolute Gasteiger partial charge is 0.496 e. The molecule has 1 amide bonds. The molecule has 2 saturated carbocycles. The van der Waals surface area contributed by atoms with E-state index in [-0.39, 0.29) is 5.91 Å². The zero-order valence-corrected chi connectivity index (χ0v) is 13.8. The number of rotatable bonds is 5. The van der Waals surface area contributed by atoms with Crippen molar-refractivity contribution in [2.75, 3.05) is 12.4 Å². The molecule has 24 heavy (non-hydrogen) atoms. The van der Waals surface area contributed by atoms with Crippen LogP contribution in [0.1, 0.15) is 32.1 Å². The third kappa shape index (κ3) is 2.88. The molecule has 2 fully saturated rings. The number of fused-ring (bicyclic) bond motifs is 2. The zero-order chi connectivity index (χ0) is 16.5. The molecule has 2 aliphatic carbocycles. The van der Waals surface area contributed by atoms with Crippen LogP contribution in [0.3, 0.4) is 0 Å². The SMILES string of the molecule is COc1ccccc1-c1nc(NC(=O)CC2CC3CCC2C3)n[nH]1. The van der Waals surface area contributed by atoms with Crippen molar-refractivity contribution in [2.45, 2.75) is 32.1 Å². The van der Waals surface area contributed by atoms with Gasteiger partial charge in [-0.3, -0.25) is 15.2 Å². The van der Waals surface area contributed by atoms with Gasteiger partial charge in [-0.15, -0.1) is 5.10 Å². The summed E-state index contributed by atoms with van der Waals surface area (Å²) in [5, 5.41) is 9.80. The van der Waals surface area contributed by atoms with Crippen LogP contribution in [0.4, 0.5) is 5.95 Å². The van der Waals surface area contributed by atoms with Crippen molar-refractivity contribution in [2.24, 2.45) is 17.8 Å². The summed E-state index contributed by atoms with van der Waals surface area (Å²) >= 11 is 0. The fraction of sp³-hybridized carbons (Fsp3) is 0.500. The molecular formula is C18H22N4O2. The van der Waals surface area contributed by atoms with Gasteiger partial charge >= 0.3 is 0 Å². The number of carbonyl (C=O) groups is 1. The van der Waals surface area contributed by atoms with Crippen molar-refractivity contribution in [3.05, 3.63) is 24.3 Å². The molecule has 0 saturated heterocycles. The molecule has 126 valence electrons. The average molecular weight is 326 g/mol. The first-order chi connectivity index (χ1) is 11.7. The average Bonchev–Trinajstić information content (AvgIpc) is 3.31. The highest BCUT2D eigenvalue weighted by Crippen LogP contribution is 2.49. The summed E-state index contributed by atoms with van der Waals surface area (Å²) in [5.74, 6) is 3.78. The molecule has 4 rings (SSSR count). The molecule has 0 radical (unpaired) electrons. The van der Waals surface area contributed by atoms with Crippen LogP contribution in [-0.4, -0.2) is 28.2 Å². The predicted octanol–water partition coefficient (Wildman–Crippen LogP) is 3.25. The van der Waals surface area contributed by atoms with Gasteiger partial charge < -0.3 is 4.74 Å². The Kier molecular flexibility index (Phi) is 3.96. The Balaban J connectivity index is 1.41. The van der Waals surface area contributed by atoms with Gasteiger partial charge in [-0.25, -0.2) is 0 Å². The fourth-order valence-electron chi connectivity index (χ4n) is 4.32. The van der Waals surface area contributed by atoms with E-state index in [0.29, 0.717) is 29.9 Å². The minimum Gasteiger partial charge on any atom is -0.496 e. The summed E-state index contributed by atoms with van der Waals surface area (Å²) in [6.07, 6.45) is 5.75. The Bertz CT molecular complexity index is 742. The van der Waals surface area contributed by atoms with Crippen LogP contribution in [-0.2, 0) is 4.79 Å². The second kappa shape index (κ2) is 6.26. The lowest BCUT2D eigenvalue weighted by Gasteiger charge is -2.20. The zero-order valence-electron chi connectivity index (χ0n) is 13.8. The molecule has 0 aliphatic heterocycles. The van der Waals surface area contributed by atoms with E-state index in [1.54, 1.807) is 7.11 Å². The number of carbonyl (C=O) groups excluding carboxylic acids is 1. The maximum absolute atomic E-state index is 12.3. The maximum atomic E-state index is 12.3. The first-order valence-electron chi connectivity index (χ1n) is 8.58. The van der Waals surface area contributed by atoms with Crippen molar-refractivity contribution < 1.29 is 9.53 Å². The summed E-state index contributed by atoms with van der Waals surface area (Å²) < 4.78 is 5.33.